The predicted molar refractivity (Wildman–Crippen MR) is 81.8 cm³/mol. The van der Waals surface area contributed by atoms with Crippen LogP contribution in [0.1, 0.15) is 23.1 Å². The summed E-state index contributed by atoms with van der Waals surface area (Å²) in [5.74, 6) is -0.397. The molecule has 0 heterocycles. The lowest BCUT2D eigenvalue weighted by atomic mass is 9.92. The Hall–Kier alpha value is -1.42. The normalized spacial score (nSPS) is 20.5. The van der Waals surface area contributed by atoms with Crippen molar-refractivity contribution in [3.8, 4) is 0 Å². The minimum Gasteiger partial charge on any atom is -0.394 e. The van der Waals surface area contributed by atoms with Crippen LogP contribution < -0.4 is 5.32 Å². The van der Waals surface area contributed by atoms with Crippen molar-refractivity contribution in [2.45, 2.75) is 24.9 Å². The molecule has 1 atom stereocenters. The van der Waals surface area contributed by atoms with Crippen molar-refractivity contribution in [2.24, 2.45) is 0 Å². The molecule has 21 heavy (non-hydrogen) atoms. The summed E-state index contributed by atoms with van der Waals surface area (Å²) < 4.78 is 14.0. The molecule has 0 amide bonds. The van der Waals surface area contributed by atoms with Gasteiger partial charge in [0.2, 0.25) is 0 Å². The number of hydrogen-bond donors (Lipinski definition) is 2. The Morgan fingerprint density at radius 2 is 2.00 bits per heavy atom. The van der Waals surface area contributed by atoms with Crippen molar-refractivity contribution in [3.05, 3.63) is 70.0 Å². The zero-order chi connectivity index (χ0) is 14.9. The molecule has 0 fully saturated rings. The summed E-state index contributed by atoms with van der Waals surface area (Å²) in [6, 6.07) is 13.1. The second-order valence-corrected chi connectivity index (χ2v) is 5.87. The Kier molecular flexibility index (Phi) is 3.98. The molecule has 0 bridgehead atoms. The molecule has 0 saturated carbocycles. The molecular weight excluding hydrogens is 289 g/mol. The van der Waals surface area contributed by atoms with Gasteiger partial charge in [-0.2, -0.15) is 0 Å². The summed E-state index contributed by atoms with van der Waals surface area (Å²) in [6.45, 7) is 0.327. The Morgan fingerprint density at radius 1 is 1.19 bits per heavy atom. The zero-order valence-electron chi connectivity index (χ0n) is 11.6. The molecule has 0 radical (unpaired) electrons. The summed E-state index contributed by atoms with van der Waals surface area (Å²) in [7, 11) is 0. The second kappa shape index (κ2) is 5.76. The predicted octanol–water partition coefficient (Wildman–Crippen LogP) is 3.40. The van der Waals surface area contributed by atoms with Gasteiger partial charge in [0.1, 0.15) is 5.82 Å². The van der Waals surface area contributed by atoms with Crippen LogP contribution in [-0.2, 0) is 18.5 Å². The van der Waals surface area contributed by atoms with Crippen LogP contribution in [0, 0.1) is 5.82 Å². The maximum absolute atomic E-state index is 14.0. The summed E-state index contributed by atoms with van der Waals surface area (Å²) in [4.78, 5) is 0. The van der Waals surface area contributed by atoms with Crippen LogP contribution >= 0.6 is 11.6 Å². The Labute approximate surface area is 128 Å². The first-order valence-electron chi connectivity index (χ1n) is 7.03. The van der Waals surface area contributed by atoms with E-state index in [4.69, 9.17) is 11.6 Å². The number of rotatable bonds is 4. The number of halogens is 2. The molecule has 2 N–H and O–H groups in total. The van der Waals surface area contributed by atoms with E-state index in [1.54, 1.807) is 12.1 Å². The number of aryl methyl sites for hydroxylation is 1. The number of aliphatic hydroxyl groups excluding tert-OH is 1. The van der Waals surface area contributed by atoms with Crippen LogP contribution in [0.4, 0.5) is 4.39 Å². The van der Waals surface area contributed by atoms with Gasteiger partial charge in [-0.05, 0) is 30.0 Å². The molecule has 4 heteroatoms. The van der Waals surface area contributed by atoms with Gasteiger partial charge in [0, 0.05) is 12.1 Å². The van der Waals surface area contributed by atoms with Crippen LogP contribution in [0.15, 0.2) is 42.5 Å². The smallest absolute Gasteiger partial charge is 0.146 e. The van der Waals surface area contributed by atoms with Gasteiger partial charge in [0.05, 0.1) is 17.2 Å². The van der Waals surface area contributed by atoms with Gasteiger partial charge in [-0.15, -0.1) is 0 Å². The lowest BCUT2D eigenvalue weighted by Crippen LogP contribution is -2.43. The highest BCUT2D eigenvalue weighted by Gasteiger charge is 2.37. The number of aliphatic hydroxyl groups is 1. The van der Waals surface area contributed by atoms with Crippen molar-refractivity contribution < 1.29 is 9.50 Å². The third-order valence-corrected chi connectivity index (χ3v) is 4.56. The van der Waals surface area contributed by atoms with Gasteiger partial charge in [-0.1, -0.05) is 48.0 Å². The van der Waals surface area contributed by atoms with Gasteiger partial charge in [0.15, 0.2) is 0 Å². The van der Waals surface area contributed by atoms with Crippen LogP contribution in [0.25, 0.3) is 0 Å². The van der Waals surface area contributed by atoms with E-state index in [0.29, 0.717) is 12.1 Å². The molecule has 0 aliphatic heterocycles. The molecule has 110 valence electrons. The molecule has 2 nitrogen and oxygen atoms in total. The van der Waals surface area contributed by atoms with Crippen LogP contribution in [0.3, 0.4) is 0 Å². The van der Waals surface area contributed by atoms with Gasteiger partial charge >= 0.3 is 0 Å². The number of nitrogens with one attached hydrogen (secondary N) is 1. The van der Waals surface area contributed by atoms with Crippen molar-refractivity contribution in [3.63, 3.8) is 0 Å². The largest absolute Gasteiger partial charge is 0.394 e. The van der Waals surface area contributed by atoms with Crippen LogP contribution in [0.2, 0.25) is 5.02 Å². The molecule has 2 aromatic rings. The highest BCUT2D eigenvalue weighted by molar-refractivity contribution is 6.30. The Morgan fingerprint density at radius 3 is 2.81 bits per heavy atom. The monoisotopic (exact) mass is 305 g/mol. The van der Waals surface area contributed by atoms with E-state index in [9.17, 15) is 9.50 Å². The molecule has 0 aromatic heterocycles. The van der Waals surface area contributed by atoms with Gasteiger partial charge in [0.25, 0.3) is 0 Å². The molecular formula is C17H17ClFNO. The fourth-order valence-electron chi connectivity index (χ4n) is 3.04. The van der Waals surface area contributed by atoms with E-state index in [-0.39, 0.29) is 11.6 Å². The molecule has 0 saturated heterocycles. The van der Waals surface area contributed by atoms with E-state index in [1.165, 1.54) is 11.6 Å². The average Bonchev–Trinajstić information content (AvgIpc) is 2.88. The van der Waals surface area contributed by atoms with Crippen molar-refractivity contribution >= 4 is 11.6 Å². The molecule has 3 rings (SSSR count). The topological polar surface area (TPSA) is 32.3 Å². The lowest BCUT2D eigenvalue weighted by molar-refractivity contribution is 0.158. The minimum atomic E-state index is -0.495. The van der Waals surface area contributed by atoms with E-state index in [1.807, 2.05) is 18.2 Å². The fraction of sp³-hybridized carbons (Fsp3) is 0.294. The minimum absolute atomic E-state index is 0.00774. The lowest BCUT2D eigenvalue weighted by Gasteiger charge is -2.30. The first kappa shape index (κ1) is 14.5. The number of fused-ring (bicyclic) bond motifs is 1. The zero-order valence-corrected chi connectivity index (χ0v) is 12.3. The third-order valence-electron chi connectivity index (χ3n) is 4.27. The van der Waals surface area contributed by atoms with Crippen molar-refractivity contribution in [1.29, 1.82) is 0 Å². The fourth-order valence-corrected chi connectivity index (χ4v) is 3.24. The first-order chi connectivity index (χ1) is 10.2. The molecule has 1 aliphatic carbocycles. The summed E-state index contributed by atoms with van der Waals surface area (Å²) >= 11 is 5.81. The summed E-state index contributed by atoms with van der Waals surface area (Å²) in [5, 5.41) is 13.3. The van der Waals surface area contributed by atoms with Gasteiger partial charge in [-0.3, -0.25) is 0 Å². The molecule has 2 aromatic carbocycles. The maximum Gasteiger partial charge on any atom is 0.146 e. The molecule has 1 aliphatic rings. The summed E-state index contributed by atoms with van der Waals surface area (Å²) in [6.07, 6.45) is 1.73. The summed E-state index contributed by atoms with van der Waals surface area (Å²) in [5.41, 5.74) is 2.37. The number of benzene rings is 2. The second-order valence-electron chi connectivity index (χ2n) is 5.46. The Bertz CT molecular complexity index is 661. The quantitative estimate of drug-likeness (QED) is 0.907. The van der Waals surface area contributed by atoms with E-state index in [2.05, 4.69) is 11.4 Å². The SMILES string of the molecule is OCC1(NCc2cccc(Cl)c2F)CCc2ccccc21. The van der Waals surface area contributed by atoms with Crippen molar-refractivity contribution in [2.75, 3.05) is 6.61 Å². The number of hydrogen-bond acceptors (Lipinski definition) is 2. The standard InChI is InChI=1S/C17H17ClFNO/c18-15-7-3-5-13(16(15)19)10-20-17(11-21)9-8-12-4-1-2-6-14(12)17/h1-7,20-21H,8-11H2. The first-order valence-corrected chi connectivity index (χ1v) is 7.41. The highest BCUT2D eigenvalue weighted by Crippen LogP contribution is 2.36. The molecule has 1 unspecified atom stereocenters. The van der Waals surface area contributed by atoms with E-state index >= 15 is 0 Å². The van der Waals surface area contributed by atoms with E-state index in [0.717, 1.165) is 18.4 Å². The average molecular weight is 306 g/mol. The maximum atomic E-state index is 14.0. The molecule has 0 spiro atoms. The van der Waals surface area contributed by atoms with Gasteiger partial charge in [-0.25, -0.2) is 4.39 Å². The van der Waals surface area contributed by atoms with Crippen LogP contribution in [0.5, 0.6) is 0 Å². The van der Waals surface area contributed by atoms with Gasteiger partial charge < -0.3 is 10.4 Å². The Balaban J connectivity index is 1.85. The van der Waals surface area contributed by atoms with E-state index < -0.39 is 11.4 Å². The van der Waals surface area contributed by atoms with Crippen LogP contribution in [-0.4, -0.2) is 11.7 Å². The highest BCUT2D eigenvalue weighted by atomic mass is 35.5. The van der Waals surface area contributed by atoms with Crippen molar-refractivity contribution in [1.82, 2.24) is 5.32 Å². The third kappa shape index (κ3) is 2.57.